The fourth-order valence-electron chi connectivity index (χ4n) is 1.66. The number of carbonyl (C=O) groups is 1. The molecule has 102 valence electrons. The van der Waals surface area contributed by atoms with Gasteiger partial charge < -0.3 is 19.8 Å². The van der Waals surface area contributed by atoms with Gasteiger partial charge in [0.05, 0.1) is 19.8 Å². The minimum absolute atomic E-state index is 0.167. The van der Waals surface area contributed by atoms with Crippen LogP contribution in [0.5, 0.6) is 0 Å². The smallest absolute Gasteiger partial charge is 0.360 e. The Morgan fingerprint density at radius 2 is 2.17 bits per heavy atom. The van der Waals surface area contributed by atoms with E-state index in [9.17, 15) is 4.79 Å². The maximum atomic E-state index is 11.5. The third-order valence-electron chi connectivity index (χ3n) is 2.55. The van der Waals surface area contributed by atoms with E-state index in [0.29, 0.717) is 25.4 Å². The summed E-state index contributed by atoms with van der Waals surface area (Å²) in [6.07, 6.45) is 0.864. The third kappa shape index (κ3) is 3.22. The van der Waals surface area contributed by atoms with Gasteiger partial charge in [0.1, 0.15) is 11.6 Å². The number of hydrogen-bond donors (Lipinski definition) is 1. The van der Waals surface area contributed by atoms with Crippen LogP contribution in [0.25, 0.3) is 0 Å². The molecule has 0 amide bonds. The highest BCUT2D eigenvalue weighted by atomic mass is 16.5. The Hall–Kier alpha value is -1.56. The molecule has 0 atom stereocenters. The molecule has 0 saturated carbocycles. The molecule has 0 saturated heterocycles. The Morgan fingerprint density at radius 1 is 1.50 bits per heavy atom. The molecule has 18 heavy (non-hydrogen) atoms. The molecule has 1 rings (SSSR count). The van der Waals surface area contributed by atoms with E-state index in [1.54, 1.807) is 4.57 Å². The maximum absolute atomic E-state index is 11.5. The molecule has 1 aromatic rings. The van der Waals surface area contributed by atoms with Crippen molar-refractivity contribution in [2.24, 2.45) is 0 Å². The van der Waals surface area contributed by atoms with Crippen molar-refractivity contribution < 1.29 is 14.3 Å². The molecule has 1 heterocycles. The Kier molecular flexibility index (Phi) is 5.15. The summed E-state index contributed by atoms with van der Waals surface area (Å²) >= 11 is 0. The van der Waals surface area contributed by atoms with Crippen molar-refractivity contribution in [3.63, 3.8) is 0 Å². The molecule has 0 radical (unpaired) electrons. The number of imidazole rings is 1. The van der Waals surface area contributed by atoms with Gasteiger partial charge in [-0.1, -0.05) is 6.92 Å². The highest BCUT2D eigenvalue weighted by Gasteiger charge is 2.19. The average molecular weight is 255 g/mol. The largest absolute Gasteiger partial charge is 0.464 e. The molecule has 0 aliphatic heterocycles. The van der Waals surface area contributed by atoms with Crippen LogP contribution in [-0.4, -0.2) is 35.3 Å². The molecule has 0 bridgehead atoms. The number of nitrogens with two attached hydrogens (primary N) is 1. The van der Waals surface area contributed by atoms with E-state index in [-0.39, 0.29) is 11.8 Å². The summed E-state index contributed by atoms with van der Waals surface area (Å²) < 4.78 is 11.9. The monoisotopic (exact) mass is 255 g/mol. The lowest BCUT2D eigenvalue weighted by atomic mass is 10.4. The molecular weight excluding hydrogens is 234 g/mol. The molecular formula is C12H21N3O3. The number of nitrogen functional groups attached to an aromatic ring is 1. The van der Waals surface area contributed by atoms with Gasteiger partial charge in [-0.05, 0) is 13.8 Å². The zero-order valence-corrected chi connectivity index (χ0v) is 11.4. The summed E-state index contributed by atoms with van der Waals surface area (Å²) in [5.74, 6) is 0.594. The number of aromatic nitrogens is 2. The van der Waals surface area contributed by atoms with Crippen molar-refractivity contribution in [3.8, 4) is 0 Å². The summed E-state index contributed by atoms with van der Waals surface area (Å²) in [5, 5.41) is 0. The number of hydrogen-bond acceptors (Lipinski definition) is 5. The number of aryl methyl sites for hydroxylation is 1. The van der Waals surface area contributed by atoms with Crippen LogP contribution in [0.2, 0.25) is 0 Å². The molecule has 0 aliphatic rings. The first-order valence-electron chi connectivity index (χ1n) is 6.06. The maximum Gasteiger partial charge on any atom is 0.360 e. The van der Waals surface area contributed by atoms with Gasteiger partial charge in [-0.15, -0.1) is 0 Å². The molecule has 0 spiro atoms. The SMILES string of the molecule is CCc1nc(C(=O)OC)c(N)n1CCOC(C)C. The average Bonchev–Trinajstić information content (AvgIpc) is 2.65. The van der Waals surface area contributed by atoms with Gasteiger partial charge in [-0.2, -0.15) is 0 Å². The minimum atomic E-state index is -0.509. The van der Waals surface area contributed by atoms with Crippen LogP contribution in [0.3, 0.4) is 0 Å². The Balaban J connectivity index is 2.88. The summed E-state index contributed by atoms with van der Waals surface area (Å²) in [6, 6.07) is 0. The second kappa shape index (κ2) is 6.39. The Bertz CT molecular complexity index is 413. The molecule has 1 aromatic heterocycles. The van der Waals surface area contributed by atoms with Crippen LogP contribution in [0.4, 0.5) is 5.82 Å². The number of ether oxygens (including phenoxy) is 2. The second-order valence-corrected chi connectivity index (χ2v) is 4.18. The Morgan fingerprint density at radius 3 is 2.67 bits per heavy atom. The number of carbonyl (C=O) groups excluding carboxylic acids is 1. The molecule has 0 aromatic carbocycles. The van der Waals surface area contributed by atoms with Crippen LogP contribution in [0, 0.1) is 0 Å². The first kappa shape index (κ1) is 14.5. The van der Waals surface area contributed by atoms with E-state index >= 15 is 0 Å². The molecule has 6 nitrogen and oxygen atoms in total. The summed E-state index contributed by atoms with van der Waals surface area (Å²) in [4.78, 5) is 15.7. The summed E-state index contributed by atoms with van der Waals surface area (Å²) in [5.41, 5.74) is 6.10. The highest BCUT2D eigenvalue weighted by molar-refractivity contribution is 5.92. The van der Waals surface area contributed by atoms with Crippen LogP contribution < -0.4 is 5.73 Å². The van der Waals surface area contributed by atoms with Gasteiger partial charge in [0, 0.05) is 13.0 Å². The summed E-state index contributed by atoms with van der Waals surface area (Å²) in [6.45, 7) is 7.02. The van der Waals surface area contributed by atoms with Crippen molar-refractivity contribution in [3.05, 3.63) is 11.5 Å². The molecule has 6 heteroatoms. The van der Waals surface area contributed by atoms with Gasteiger partial charge in [-0.25, -0.2) is 9.78 Å². The normalized spacial score (nSPS) is 10.9. The van der Waals surface area contributed by atoms with Crippen molar-refractivity contribution in [1.29, 1.82) is 0 Å². The van der Waals surface area contributed by atoms with Gasteiger partial charge in [0.2, 0.25) is 0 Å². The predicted molar refractivity (Wildman–Crippen MR) is 68.4 cm³/mol. The topological polar surface area (TPSA) is 79.4 Å². The van der Waals surface area contributed by atoms with E-state index in [1.165, 1.54) is 7.11 Å². The van der Waals surface area contributed by atoms with E-state index < -0.39 is 5.97 Å². The number of nitrogens with zero attached hydrogens (tertiary/aromatic N) is 2. The zero-order valence-electron chi connectivity index (χ0n) is 11.4. The highest BCUT2D eigenvalue weighted by Crippen LogP contribution is 2.16. The predicted octanol–water partition coefficient (Wildman–Crippen LogP) is 1.24. The molecule has 2 N–H and O–H groups in total. The molecule has 0 fully saturated rings. The third-order valence-corrected chi connectivity index (χ3v) is 2.55. The lowest BCUT2D eigenvalue weighted by molar-refractivity contribution is 0.0595. The minimum Gasteiger partial charge on any atom is -0.464 e. The Labute approximate surface area is 107 Å². The van der Waals surface area contributed by atoms with E-state index in [2.05, 4.69) is 9.72 Å². The summed E-state index contributed by atoms with van der Waals surface area (Å²) in [7, 11) is 1.31. The zero-order chi connectivity index (χ0) is 13.7. The quantitative estimate of drug-likeness (QED) is 0.774. The van der Waals surface area contributed by atoms with Crippen LogP contribution >= 0.6 is 0 Å². The van der Waals surface area contributed by atoms with Crippen molar-refractivity contribution in [2.45, 2.75) is 39.8 Å². The van der Waals surface area contributed by atoms with Crippen molar-refractivity contribution >= 4 is 11.8 Å². The van der Waals surface area contributed by atoms with Crippen molar-refractivity contribution in [1.82, 2.24) is 9.55 Å². The lowest BCUT2D eigenvalue weighted by Crippen LogP contribution is -2.14. The van der Waals surface area contributed by atoms with Crippen LogP contribution in [-0.2, 0) is 22.4 Å². The lowest BCUT2D eigenvalue weighted by Gasteiger charge is -2.11. The second-order valence-electron chi connectivity index (χ2n) is 4.18. The number of rotatable bonds is 6. The van der Waals surface area contributed by atoms with Gasteiger partial charge in [-0.3, -0.25) is 0 Å². The van der Waals surface area contributed by atoms with Gasteiger partial charge >= 0.3 is 5.97 Å². The fraction of sp³-hybridized carbons (Fsp3) is 0.667. The van der Waals surface area contributed by atoms with Crippen LogP contribution in [0.15, 0.2) is 0 Å². The number of anilines is 1. The van der Waals surface area contributed by atoms with E-state index in [0.717, 1.165) is 5.82 Å². The first-order chi connectivity index (χ1) is 8.51. The van der Waals surface area contributed by atoms with Crippen LogP contribution in [0.1, 0.15) is 37.1 Å². The molecule has 0 unspecified atom stereocenters. The molecule has 0 aliphatic carbocycles. The number of esters is 1. The number of methoxy groups -OCH3 is 1. The van der Waals surface area contributed by atoms with Crippen molar-refractivity contribution in [2.75, 3.05) is 19.5 Å². The van der Waals surface area contributed by atoms with Gasteiger partial charge in [0.15, 0.2) is 5.69 Å². The van der Waals surface area contributed by atoms with E-state index in [1.807, 2.05) is 20.8 Å². The fourth-order valence-corrected chi connectivity index (χ4v) is 1.66. The first-order valence-corrected chi connectivity index (χ1v) is 6.06. The van der Waals surface area contributed by atoms with E-state index in [4.69, 9.17) is 10.5 Å². The standard InChI is InChI=1S/C12H21N3O3/c1-5-9-14-10(12(16)17-4)11(13)15(9)6-7-18-8(2)3/h8H,5-7,13H2,1-4H3. The van der Waals surface area contributed by atoms with Gasteiger partial charge in [0.25, 0.3) is 0 Å².